The summed E-state index contributed by atoms with van der Waals surface area (Å²) in [5, 5.41) is 17.8. The highest BCUT2D eigenvalue weighted by molar-refractivity contribution is 5.94. The Morgan fingerprint density at radius 2 is 2.27 bits per heavy atom. The zero-order valence-corrected chi connectivity index (χ0v) is 12.4. The molecule has 2 aliphatic rings. The Kier molecular flexibility index (Phi) is 3.18. The average Bonchev–Trinajstić information content (AvgIpc) is 3.26. The number of aromatic nitrogens is 5. The first-order valence-corrected chi connectivity index (χ1v) is 7.51. The molecule has 0 saturated carbocycles. The number of hydrogen-bond acceptors (Lipinski definition) is 5. The third-order valence-corrected chi connectivity index (χ3v) is 4.68. The van der Waals surface area contributed by atoms with E-state index in [1.54, 1.807) is 13.3 Å². The quantitative estimate of drug-likeness (QED) is 0.848. The minimum absolute atomic E-state index is 0.0209. The van der Waals surface area contributed by atoms with Crippen LogP contribution in [0.5, 0.6) is 0 Å². The number of carbonyl (C=O) groups is 1. The van der Waals surface area contributed by atoms with Crippen LogP contribution in [0, 0.1) is 0 Å². The van der Waals surface area contributed by atoms with Crippen LogP contribution in [0.25, 0.3) is 0 Å². The van der Waals surface area contributed by atoms with Gasteiger partial charge in [0.2, 0.25) is 0 Å². The van der Waals surface area contributed by atoms with Crippen LogP contribution in [0.2, 0.25) is 0 Å². The molecule has 4 rings (SSSR count). The van der Waals surface area contributed by atoms with Gasteiger partial charge < -0.3 is 9.64 Å². The average molecular weight is 302 g/mol. The lowest BCUT2D eigenvalue weighted by atomic mass is 10.0. The van der Waals surface area contributed by atoms with Crippen molar-refractivity contribution in [3.63, 3.8) is 0 Å². The normalized spacial score (nSPS) is 24.0. The van der Waals surface area contributed by atoms with Crippen molar-refractivity contribution in [3.05, 3.63) is 28.8 Å². The van der Waals surface area contributed by atoms with E-state index >= 15 is 0 Å². The monoisotopic (exact) mass is 302 g/mol. The van der Waals surface area contributed by atoms with Crippen molar-refractivity contribution >= 4 is 5.91 Å². The Morgan fingerprint density at radius 1 is 1.36 bits per heavy atom. The molecule has 0 bridgehead atoms. The Hall–Kier alpha value is -2.22. The van der Waals surface area contributed by atoms with Crippen LogP contribution in [-0.2, 0) is 17.6 Å². The molecular weight excluding hydrogens is 284 g/mol. The van der Waals surface area contributed by atoms with Crippen molar-refractivity contribution in [2.45, 2.75) is 31.3 Å². The zero-order chi connectivity index (χ0) is 15.1. The van der Waals surface area contributed by atoms with Crippen LogP contribution in [0.15, 0.2) is 6.20 Å². The molecule has 2 aromatic rings. The number of aromatic amines is 2. The highest BCUT2D eigenvalue weighted by Crippen LogP contribution is 2.30. The van der Waals surface area contributed by atoms with E-state index < -0.39 is 0 Å². The van der Waals surface area contributed by atoms with Crippen molar-refractivity contribution < 1.29 is 9.53 Å². The summed E-state index contributed by atoms with van der Waals surface area (Å²) in [5.74, 6) is 0.0205. The van der Waals surface area contributed by atoms with Gasteiger partial charge in [-0.25, -0.2) is 0 Å². The van der Waals surface area contributed by atoms with E-state index in [-0.39, 0.29) is 17.9 Å². The number of methoxy groups -OCH3 is 1. The molecule has 0 unspecified atom stereocenters. The molecule has 1 aliphatic carbocycles. The van der Waals surface area contributed by atoms with E-state index in [9.17, 15) is 4.79 Å². The molecule has 3 heterocycles. The summed E-state index contributed by atoms with van der Waals surface area (Å²) < 4.78 is 5.53. The fraction of sp³-hybridized carbons (Fsp3) is 0.571. The van der Waals surface area contributed by atoms with Crippen LogP contribution in [0.3, 0.4) is 0 Å². The number of ether oxygens (including phenoxy) is 1. The molecule has 2 aromatic heterocycles. The topological polar surface area (TPSA) is 99.8 Å². The molecule has 22 heavy (non-hydrogen) atoms. The van der Waals surface area contributed by atoms with Crippen LogP contribution >= 0.6 is 0 Å². The van der Waals surface area contributed by atoms with Gasteiger partial charge in [-0.3, -0.25) is 9.89 Å². The van der Waals surface area contributed by atoms with Crippen molar-refractivity contribution in [1.82, 2.24) is 30.5 Å². The summed E-state index contributed by atoms with van der Waals surface area (Å²) in [5.41, 5.74) is 3.60. The maximum atomic E-state index is 12.8. The van der Waals surface area contributed by atoms with Crippen LogP contribution < -0.4 is 0 Å². The number of nitrogens with zero attached hydrogens (tertiary/aromatic N) is 4. The Labute approximate surface area is 127 Å². The number of fused-ring (bicyclic) bond motifs is 1. The molecule has 2 atom stereocenters. The van der Waals surface area contributed by atoms with Gasteiger partial charge in [-0.05, 0) is 19.3 Å². The highest BCUT2D eigenvalue weighted by atomic mass is 16.5. The second-order valence-electron chi connectivity index (χ2n) is 5.87. The van der Waals surface area contributed by atoms with Crippen molar-refractivity contribution in [2.75, 3.05) is 20.2 Å². The van der Waals surface area contributed by atoms with Crippen LogP contribution in [0.4, 0.5) is 0 Å². The molecule has 1 aliphatic heterocycles. The third-order valence-electron chi connectivity index (χ3n) is 4.68. The number of rotatable bonds is 3. The van der Waals surface area contributed by atoms with E-state index in [0.717, 1.165) is 36.2 Å². The summed E-state index contributed by atoms with van der Waals surface area (Å²) in [7, 11) is 1.66. The second-order valence-corrected chi connectivity index (χ2v) is 5.87. The molecule has 0 spiro atoms. The van der Waals surface area contributed by atoms with Crippen LogP contribution in [-0.4, -0.2) is 62.7 Å². The number of H-pyrrole nitrogens is 2. The van der Waals surface area contributed by atoms with Gasteiger partial charge in [0.1, 0.15) is 0 Å². The molecule has 0 aromatic carbocycles. The van der Waals surface area contributed by atoms with E-state index in [0.29, 0.717) is 18.8 Å². The maximum Gasteiger partial charge on any atom is 0.274 e. The first kappa shape index (κ1) is 13.4. The molecule has 116 valence electrons. The molecule has 2 N–H and O–H groups in total. The highest BCUT2D eigenvalue weighted by Gasteiger charge is 2.39. The lowest BCUT2D eigenvalue weighted by molar-refractivity contribution is 0.0708. The fourth-order valence-corrected chi connectivity index (χ4v) is 3.50. The molecule has 1 amide bonds. The van der Waals surface area contributed by atoms with Crippen molar-refractivity contribution in [1.29, 1.82) is 0 Å². The molecule has 8 heteroatoms. The van der Waals surface area contributed by atoms with Gasteiger partial charge in [-0.1, -0.05) is 0 Å². The Bertz CT molecular complexity index is 680. The lowest BCUT2D eigenvalue weighted by Gasteiger charge is -2.15. The summed E-state index contributed by atoms with van der Waals surface area (Å²) >= 11 is 0. The first-order valence-electron chi connectivity index (χ1n) is 7.51. The second kappa shape index (κ2) is 5.20. The van der Waals surface area contributed by atoms with Gasteiger partial charge in [0.05, 0.1) is 23.9 Å². The van der Waals surface area contributed by atoms with E-state index in [1.807, 2.05) is 4.90 Å². The molecular formula is C14H18N6O2. The fourth-order valence-electron chi connectivity index (χ4n) is 3.50. The van der Waals surface area contributed by atoms with Crippen molar-refractivity contribution in [3.8, 4) is 0 Å². The van der Waals surface area contributed by atoms with Gasteiger partial charge in [0.25, 0.3) is 5.91 Å². The number of carbonyl (C=O) groups excluding carboxylic acids is 1. The number of aryl methyl sites for hydroxylation is 1. The third kappa shape index (κ3) is 2.02. The molecule has 8 nitrogen and oxygen atoms in total. The zero-order valence-electron chi connectivity index (χ0n) is 12.4. The number of nitrogens with one attached hydrogen (secondary N) is 2. The van der Waals surface area contributed by atoms with Gasteiger partial charge in [0, 0.05) is 31.5 Å². The minimum Gasteiger partial charge on any atom is -0.379 e. The predicted molar refractivity (Wildman–Crippen MR) is 76.4 cm³/mol. The molecule has 1 fully saturated rings. The minimum atomic E-state index is -0.0685. The van der Waals surface area contributed by atoms with Gasteiger partial charge in [-0.2, -0.15) is 20.5 Å². The Balaban J connectivity index is 1.57. The Morgan fingerprint density at radius 3 is 3.05 bits per heavy atom. The van der Waals surface area contributed by atoms with Gasteiger partial charge in [-0.15, -0.1) is 0 Å². The van der Waals surface area contributed by atoms with Gasteiger partial charge in [0.15, 0.2) is 5.69 Å². The predicted octanol–water partition coefficient (Wildman–Crippen LogP) is 0.271. The molecule has 0 radical (unpaired) electrons. The lowest BCUT2D eigenvalue weighted by Crippen LogP contribution is -2.30. The summed E-state index contributed by atoms with van der Waals surface area (Å²) in [6.07, 6.45) is 4.63. The summed E-state index contributed by atoms with van der Waals surface area (Å²) in [6, 6.07) is 0. The van der Waals surface area contributed by atoms with Crippen LogP contribution in [0.1, 0.15) is 39.8 Å². The van der Waals surface area contributed by atoms with E-state index in [4.69, 9.17) is 4.74 Å². The summed E-state index contributed by atoms with van der Waals surface area (Å²) in [6.45, 7) is 1.12. The van der Waals surface area contributed by atoms with E-state index in [1.165, 1.54) is 0 Å². The summed E-state index contributed by atoms with van der Waals surface area (Å²) in [4.78, 5) is 14.6. The number of likely N-dealkylation sites (tertiary alicyclic amines) is 1. The first-order chi connectivity index (χ1) is 10.8. The smallest absolute Gasteiger partial charge is 0.274 e. The van der Waals surface area contributed by atoms with Gasteiger partial charge >= 0.3 is 0 Å². The largest absolute Gasteiger partial charge is 0.379 e. The van der Waals surface area contributed by atoms with E-state index in [2.05, 4.69) is 25.6 Å². The standard InChI is InChI=1S/C14H18N6O2/c1-22-12-7-20(6-9(12)11-5-15-19-17-11)14(21)13-8-3-2-4-10(8)16-18-13/h5,9,12H,2-4,6-7H2,1H3,(H,16,18)(H,15,17,19)/t9-,12+/m0/s1. The molecule has 1 saturated heterocycles. The SMILES string of the molecule is CO[C@@H]1CN(C(=O)c2n[nH]c3c2CCC3)C[C@H]1c1cn[nH]n1. The number of amides is 1. The van der Waals surface area contributed by atoms with Crippen molar-refractivity contribution in [2.24, 2.45) is 0 Å². The number of hydrogen-bond donors (Lipinski definition) is 2. The maximum absolute atomic E-state index is 12.8.